The Balaban J connectivity index is 2.27. The molecule has 0 spiro atoms. The molecule has 0 aromatic carbocycles. The summed E-state index contributed by atoms with van der Waals surface area (Å²) in [7, 11) is 0. The molecule has 0 aliphatic heterocycles. The van der Waals surface area contributed by atoms with Gasteiger partial charge in [0.15, 0.2) is 0 Å². The Labute approximate surface area is 98.8 Å². The van der Waals surface area contributed by atoms with E-state index in [1.807, 2.05) is 0 Å². The van der Waals surface area contributed by atoms with Gasteiger partial charge < -0.3 is 0 Å². The summed E-state index contributed by atoms with van der Waals surface area (Å²) in [5.41, 5.74) is 4.33. The number of rotatable bonds is 1. The Morgan fingerprint density at radius 1 is 1.25 bits per heavy atom. The first-order valence-electron chi connectivity index (χ1n) is 6.02. The molecule has 0 heteroatoms. The van der Waals surface area contributed by atoms with Crippen LogP contribution < -0.4 is 0 Å². The fourth-order valence-corrected chi connectivity index (χ4v) is 2.30. The predicted octanol–water partition coefficient (Wildman–Crippen LogP) is 4.73. The van der Waals surface area contributed by atoms with Crippen molar-refractivity contribution in [3.63, 3.8) is 0 Å². The molecule has 1 unspecified atom stereocenters. The first kappa shape index (κ1) is 11.2. The Bertz CT molecular complexity index is 415. The summed E-state index contributed by atoms with van der Waals surface area (Å²) in [5, 5.41) is 0. The minimum Gasteiger partial charge on any atom is -0.0995 e. The first-order valence-corrected chi connectivity index (χ1v) is 6.02. The number of hydrogen-bond acceptors (Lipinski definition) is 0. The van der Waals surface area contributed by atoms with Crippen LogP contribution in [0.1, 0.15) is 33.1 Å². The molecule has 84 valence electrons. The van der Waals surface area contributed by atoms with Gasteiger partial charge in [-0.15, -0.1) is 0 Å². The maximum absolute atomic E-state index is 4.06. The van der Waals surface area contributed by atoms with Crippen molar-refractivity contribution in [2.24, 2.45) is 5.41 Å². The van der Waals surface area contributed by atoms with E-state index in [4.69, 9.17) is 0 Å². The molecule has 0 saturated heterocycles. The quantitative estimate of drug-likeness (QED) is 0.551. The van der Waals surface area contributed by atoms with E-state index in [1.165, 1.54) is 16.7 Å². The highest BCUT2D eigenvalue weighted by atomic mass is 14.3. The third kappa shape index (κ3) is 2.27. The minimum absolute atomic E-state index is 0.106. The molecule has 0 heterocycles. The van der Waals surface area contributed by atoms with Crippen LogP contribution in [-0.2, 0) is 0 Å². The van der Waals surface area contributed by atoms with Gasteiger partial charge in [0, 0.05) is 5.41 Å². The fourth-order valence-electron chi connectivity index (χ4n) is 2.30. The van der Waals surface area contributed by atoms with Gasteiger partial charge in [0.25, 0.3) is 0 Å². The zero-order valence-electron chi connectivity index (χ0n) is 10.3. The molecule has 0 saturated carbocycles. The third-order valence-corrected chi connectivity index (χ3v) is 3.57. The Morgan fingerprint density at radius 3 is 2.75 bits per heavy atom. The van der Waals surface area contributed by atoms with Gasteiger partial charge in [-0.25, -0.2) is 0 Å². The normalized spacial score (nSPS) is 29.8. The van der Waals surface area contributed by atoms with Crippen LogP contribution in [0, 0.1) is 5.41 Å². The largest absolute Gasteiger partial charge is 0.0995 e. The summed E-state index contributed by atoms with van der Waals surface area (Å²) in [5.74, 6) is 0. The van der Waals surface area contributed by atoms with Gasteiger partial charge in [0.2, 0.25) is 0 Å². The molecular weight excluding hydrogens is 192 g/mol. The molecule has 0 bridgehead atoms. The van der Waals surface area contributed by atoms with Crippen molar-refractivity contribution >= 4 is 0 Å². The number of allylic oxidation sites excluding steroid dienone is 9. The molecule has 0 aromatic heterocycles. The lowest BCUT2D eigenvalue weighted by Gasteiger charge is -2.29. The van der Waals surface area contributed by atoms with Gasteiger partial charge in [0.05, 0.1) is 0 Å². The van der Waals surface area contributed by atoms with Crippen LogP contribution in [0.25, 0.3) is 0 Å². The zero-order chi connectivity index (χ0) is 11.6. The summed E-state index contributed by atoms with van der Waals surface area (Å²) < 4.78 is 0. The van der Waals surface area contributed by atoms with Crippen molar-refractivity contribution in [1.29, 1.82) is 0 Å². The second-order valence-corrected chi connectivity index (χ2v) is 5.07. The highest BCUT2D eigenvalue weighted by Gasteiger charge is 2.24. The van der Waals surface area contributed by atoms with Crippen molar-refractivity contribution in [2.45, 2.75) is 33.1 Å². The molecule has 2 aliphatic carbocycles. The summed E-state index contributed by atoms with van der Waals surface area (Å²) in [6.07, 6.45) is 16.9. The summed E-state index contributed by atoms with van der Waals surface area (Å²) in [4.78, 5) is 0. The third-order valence-electron chi connectivity index (χ3n) is 3.57. The van der Waals surface area contributed by atoms with Gasteiger partial charge in [-0.3, -0.25) is 0 Å². The molecule has 0 nitrogen and oxygen atoms in total. The van der Waals surface area contributed by atoms with Crippen LogP contribution in [0.2, 0.25) is 0 Å². The standard InChI is InChI=1S/C16H20/c1-13-5-4-11-16(3,12-10-13)15-8-6-14(2)7-9-15/h4-5,8,10-12H,2,6-7,9H2,1,3H3. The van der Waals surface area contributed by atoms with E-state index in [2.05, 4.69) is 56.9 Å². The minimum atomic E-state index is 0.106. The van der Waals surface area contributed by atoms with E-state index in [-0.39, 0.29) is 5.41 Å². The average Bonchev–Trinajstić information content (AvgIpc) is 2.43. The molecule has 0 aromatic rings. The lowest BCUT2D eigenvalue weighted by molar-refractivity contribution is 0.604. The SMILES string of the molecule is C=C1CC=C(C2(C)C=CC=C(C)C=C2)CC1. The van der Waals surface area contributed by atoms with E-state index in [0.717, 1.165) is 19.3 Å². The van der Waals surface area contributed by atoms with Crippen LogP contribution in [0.4, 0.5) is 0 Å². The van der Waals surface area contributed by atoms with Crippen molar-refractivity contribution in [2.75, 3.05) is 0 Å². The molecule has 16 heavy (non-hydrogen) atoms. The maximum atomic E-state index is 4.06. The molecule has 2 rings (SSSR count). The van der Waals surface area contributed by atoms with Gasteiger partial charge in [-0.1, -0.05) is 59.8 Å². The highest BCUT2D eigenvalue weighted by molar-refractivity contribution is 5.38. The predicted molar refractivity (Wildman–Crippen MR) is 71.2 cm³/mol. The van der Waals surface area contributed by atoms with E-state index in [1.54, 1.807) is 0 Å². The molecule has 0 fully saturated rings. The summed E-state index contributed by atoms with van der Waals surface area (Å²) in [6.45, 7) is 8.50. The van der Waals surface area contributed by atoms with E-state index in [9.17, 15) is 0 Å². The van der Waals surface area contributed by atoms with Crippen molar-refractivity contribution in [3.8, 4) is 0 Å². The summed E-state index contributed by atoms with van der Waals surface area (Å²) in [6, 6.07) is 0. The van der Waals surface area contributed by atoms with Crippen LogP contribution in [-0.4, -0.2) is 0 Å². The van der Waals surface area contributed by atoms with Crippen molar-refractivity contribution < 1.29 is 0 Å². The second-order valence-electron chi connectivity index (χ2n) is 5.07. The first-order chi connectivity index (χ1) is 7.60. The lowest BCUT2D eigenvalue weighted by atomic mass is 9.76. The Morgan fingerprint density at radius 2 is 2.06 bits per heavy atom. The monoisotopic (exact) mass is 212 g/mol. The van der Waals surface area contributed by atoms with Gasteiger partial charge in [-0.05, 0) is 33.1 Å². The molecule has 1 atom stereocenters. The van der Waals surface area contributed by atoms with E-state index >= 15 is 0 Å². The number of hydrogen-bond donors (Lipinski definition) is 0. The Hall–Kier alpha value is -1.30. The van der Waals surface area contributed by atoms with Crippen LogP contribution in [0.3, 0.4) is 0 Å². The molecule has 0 amide bonds. The zero-order valence-corrected chi connectivity index (χ0v) is 10.3. The van der Waals surface area contributed by atoms with Crippen molar-refractivity contribution in [3.05, 3.63) is 59.8 Å². The molecular formula is C16H20. The smallest absolute Gasteiger partial charge is 0.0249 e. The fraction of sp³-hybridized carbons (Fsp3) is 0.375. The second kappa shape index (κ2) is 4.29. The van der Waals surface area contributed by atoms with Gasteiger partial charge >= 0.3 is 0 Å². The molecule has 2 aliphatic rings. The molecule has 0 N–H and O–H groups in total. The van der Waals surface area contributed by atoms with Gasteiger partial charge in [0.1, 0.15) is 0 Å². The van der Waals surface area contributed by atoms with Gasteiger partial charge in [-0.2, -0.15) is 0 Å². The molecule has 0 radical (unpaired) electrons. The topological polar surface area (TPSA) is 0 Å². The maximum Gasteiger partial charge on any atom is 0.0249 e. The Kier molecular flexibility index (Phi) is 3.00. The van der Waals surface area contributed by atoms with Crippen LogP contribution in [0.5, 0.6) is 0 Å². The summed E-state index contributed by atoms with van der Waals surface area (Å²) >= 11 is 0. The average molecular weight is 212 g/mol. The van der Waals surface area contributed by atoms with Crippen LogP contribution in [0.15, 0.2) is 59.8 Å². The lowest BCUT2D eigenvalue weighted by Crippen LogP contribution is -2.15. The van der Waals surface area contributed by atoms with E-state index < -0.39 is 0 Å². The van der Waals surface area contributed by atoms with Crippen LogP contribution >= 0.6 is 0 Å². The van der Waals surface area contributed by atoms with E-state index in [0.29, 0.717) is 0 Å². The van der Waals surface area contributed by atoms with Crippen molar-refractivity contribution in [1.82, 2.24) is 0 Å². The highest BCUT2D eigenvalue weighted by Crippen LogP contribution is 2.38.